The van der Waals surface area contributed by atoms with Crippen LogP contribution < -0.4 is 5.73 Å². The van der Waals surface area contributed by atoms with Crippen LogP contribution in [0.1, 0.15) is 6.42 Å². The Hall–Kier alpha value is -0.870. The molecule has 1 aromatic rings. The van der Waals surface area contributed by atoms with E-state index in [-0.39, 0.29) is 0 Å². The van der Waals surface area contributed by atoms with E-state index in [1.54, 1.807) is 10.9 Å². The number of aryl methyl sites for hydroxylation is 1. The molecule has 0 bridgehead atoms. The lowest BCUT2D eigenvalue weighted by molar-refractivity contribution is 0.411. The molecule has 4 heteroatoms. The first-order chi connectivity index (χ1) is 6.18. The van der Waals surface area contributed by atoms with Crippen molar-refractivity contribution in [1.82, 2.24) is 14.7 Å². The highest BCUT2D eigenvalue weighted by Gasteiger charge is 2.13. The minimum absolute atomic E-state index is 0.449. The largest absolute Gasteiger partial charge is 0.326 e. The fraction of sp³-hybridized carbons (Fsp3) is 0.667. The van der Waals surface area contributed by atoms with E-state index in [1.165, 1.54) is 13.0 Å². The summed E-state index contributed by atoms with van der Waals surface area (Å²) in [6.45, 7) is 2.27. The van der Waals surface area contributed by atoms with Gasteiger partial charge in [-0.2, -0.15) is 5.10 Å². The Balaban J connectivity index is 0.000000132. The van der Waals surface area contributed by atoms with Gasteiger partial charge in [0.2, 0.25) is 0 Å². The van der Waals surface area contributed by atoms with E-state index < -0.39 is 0 Å². The summed E-state index contributed by atoms with van der Waals surface area (Å²) in [6.07, 6.45) is 4.82. The molecule has 74 valence electrons. The lowest BCUT2D eigenvalue weighted by atomic mass is 10.3. The maximum absolute atomic E-state index is 5.58. The lowest BCUT2D eigenvalue weighted by Crippen LogP contribution is -2.23. The Morgan fingerprint density at radius 2 is 2.23 bits per heavy atom. The number of hydrogen-bond donors (Lipinski definition) is 1. The van der Waals surface area contributed by atoms with Gasteiger partial charge in [-0.15, -0.1) is 0 Å². The van der Waals surface area contributed by atoms with Crippen LogP contribution in [0.5, 0.6) is 0 Å². The van der Waals surface area contributed by atoms with E-state index in [0.717, 1.165) is 6.54 Å². The number of nitrogens with two attached hydrogens (primary N) is 1. The summed E-state index contributed by atoms with van der Waals surface area (Å²) in [7, 11) is 3.99. The molecule has 0 aliphatic carbocycles. The van der Waals surface area contributed by atoms with Gasteiger partial charge < -0.3 is 10.6 Å². The van der Waals surface area contributed by atoms with Crippen LogP contribution in [0.4, 0.5) is 0 Å². The maximum Gasteiger partial charge on any atom is 0.0489 e. The van der Waals surface area contributed by atoms with Crippen molar-refractivity contribution in [2.75, 3.05) is 20.1 Å². The third kappa shape index (κ3) is 4.05. The maximum atomic E-state index is 5.58. The van der Waals surface area contributed by atoms with E-state index in [4.69, 9.17) is 5.73 Å². The Labute approximate surface area is 79.3 Å². The first-order valence-electron chi connectivity index (χ1n) is 4.56. The Kier molecular flexibility index (Phi) is 3.92. The van der Waals surface area contributed by atoms with Crippen molar-refractivity contribution in [2.24, 2.45) is 12.8 Å². The van der Waals surface area contributed by atoms with Crippen molar-refractivity contribution in [1.29, 1.82) is 0 Å². The van der Waals surface area contributed by atoms with Gasteiger partial charge in [-0.05, 0) is 26.1 Å². The van der Waals surface area contributed by atoms with Crippen LogP contribution in [0.3, 0.4) is 0 Å². The monoisotopic (exact) mass is 182 g/mol. The number of nitrogens with zero attached hydrogens (tertiary/aromatic N) is 3. The number of likely N-dealkylation sites (tertiary alicyclic amines) is 1. The number of hydrogen-bond acceptors (Lipinski definition) is 3. The van der Waals surface area contributed by atoms with Gasteiger partial charge in [0.25, 0.3) is 0 Å². The molecular formula is C9H18N4. The average molecular weight is 182 g/mol. The normalized spacial score (nSPS) is 22.5. The second-order valence-corrected chi connectivity index (χ2v) is 3.49. The highest BCUT2D eigenvalue weighted by Crippen LogP contribution is 2.01. The van der Waals surface area contributed by atoms with Gasteiger partial charge in [0.1, 0.15) is 0 Å². The van der Waals surface area contributed by atoms with Crippen LogP contribution >= 0.6 is 0 Å². The molecule has 13 heavy (non-hydrogen) atoms. The molecule has 2 heterocycles. The summed E-state index contributed by atoms with van der Waals surface area (Å²) in [4.78, 5) is 2.25. The molecule has 1 fully saturated rings. The minimum Gasteiger partial charge on any atom is -0.326 e. The predicted molar refractivity (Wildman–Crippen MR) is 53.3 cm³/mol. The molecule has 1 aromatic heterocycles. The fourth-order valence-electron chi connectivity index (χ4n) is 1.31. The van der Waals surface area contributed by atoms with Crippen molar-refractivity contribution in [3.63, 3.8) is 0 Å². The van der Waals surface area contributed by atoms with Crippen LogP contribution in [0.15, 0.2) is 18.5 Å². The highest BCUT2D eigenvalue weighted by molar-refractivity contribution is 4.75. The van der Waals surface area contributed by atoms with Crippen LogP contribution in [0.2, 0.25) is 0 Å². The molecule has 1 aliphatic heterocycles. The SMILES string of the molecule is CN1CCC(N)C1.Cn1cccn1. The number of aromatic nitrogens is 2. The molecule has 1 saturated heterocycles. The summed E-state index contributed by atoms with van der Waals surface area (Å²) >= 11 is 0. The van der Waals surface area contributed by atoms with E-state index in [0.29, 0.717) is 6.04 Å². The second-order valence-electron chi connectivity index (χ2n) is 3.49. The van der Waals surface area contributed by atoms with Gasteiger partial charge >= 0.3 is 0 Å². The van der Waals surface area contributed by atoms with E-state index >= 15 is 0 Å². The van der Waals surface area contributed by atoms with Gasteiger partial charge in [0, 0.05) is 32.0 Å². The third-order valence-electron chi connectivity index (χ3n) is 2.06. The average Bonchev–Trinajstić information content (AvgIpc) is 2.64. The quantitative estimate of drug-likeness (QED) is 0.617. The summed E-state index contributed by atoms with van der Waals surface area (Å²) in [5.74, 6) is 0. The van der Waals surface area contributed by atoms with E-state index in [9.17, 15) is 0 Å². The van der Waals surface area contributed by atoms with Gasteiger partial charge in [-0.3, -0.25) is 4.68 Å². The Bertz CT molecular complexity index is 212. The zero-order chi connectivity index (χ0) is 9.68. The summed E-state index contributed by atoms with van der Waals surface area (Å²) in [5, 5.41) is 3.83. The van der Waals surface area contributed by atoms with Gasteiger partial charge in [0.05, 0.1) is 0 Å². The summed E-state index contributed by atoms with van der Waals surface area (Å²) in [5.41, 5.74) is 5.58. The number of rotatable bonds is 0. The molecule has 2 N–H and O–H groups in total. The Morgan fingerprint density at radius 1 is 1.46 bits per heavy atom. The standard InChI is InChI=1S/C5H12N2.C4H6N2/c1-7-3-2-5(6)4-7;1-6-4-2-3-5-6/h5H,2-4,6H2,1H3;2-4H,1H3. The zero-order valence-electron chi connectivity index (χ0n) is 8.35. The molecule has 4 nitrogen and oxygen atoms in total. The Morgan fingerprint density at radius 3 is 2.38 bits per heavy atom. The van der Waals surface area contributed by atoms with Crippen LogP contribution in [0, 0.1) is 0 Å². The fourth-order valence-corrected chi connectivity index (χ4v) is 1.31. The molecule has 0 amide bonds. The topological polar surface area (TPSA) is 47.1 Å². The number of likely N-dealkylation sites (N-methyl/N-ethyl adjacent to an activating group) is 1. The van der Waals surface area contributed by atoms with Crippen LogP contribution in [-0.4, -0.2) is 40.9 Å². The van der Waals surface area contributed by atoms with Crippen molar-refractivity contribution >= 4 is 0 Å². The van der Waals surface area contributed by atoms with Crippen molar-refractivity contribution < 1.29 is 0 Å². The van der Waals surface area contributed by atoms with Crippen molar-refractivity contribution in [3.05, 3.63) is 18.5 Å². The molecule has 1 atom stereocenters. The van der Waals surface area contributed by atoms with Crippen molar-refractivity contribution in [3.8, 4) is 0 Å². The molecule has 1 unspecified atom stereocenters. The molecule has 2 rings (SSSR count). The minimum atomic E-state index is 0.449. The third-order valence-corrected chi connectivity index (χ3v) is 2.06. The van der Waals surface area contributed by atoms with Crippen molar-refractivity contribution in [2.45, 2.75) is 12.5 Å². The molecular weight excluding hydrogens is 164 g/mol. The molecule has 0 spiro atoms. The highest BCUT2D eigenvalue weighted by atomic mass is 15.2. The second kappa shape index (κ2) is 4.99. The van der Waals surface area contributed by atoms with Gasteiger partial charge in [-0.1, -0.05) is 0 Å². The summed E-state index contributed by atoms with van der Waals surface area (Å²) < 4.78 is 1.75. The molecule has 0 saturated carbocycles. The van der Waals surface area contributed by atoms with E-state index in [2.05, 4.69) is 17.0 Å². The summed E-state index contributed by atoms with van der Waals surface area (Å²) in [6, 6.07) is 2.34. The van der Waals surface area contributed by atoms with Crippen LogP contribution in [0.25, 0.3) is 0 Å². The first kappa shape index (κ1) is 10.2. The van der Waals surface area contributed by atoms with Gasteiger partial charge in [-0.25, -0.2) is 0 Å². The molecule has 0 radical (unpaired) electrons. The van der Waals surface area contributed by atoms with Crippen LogP contribution in [-0.2, 0) is 7.05 Å². The predicted octanol–water partition coefficient (Wildman–Crippen LogP) is 0.0693. The van der Waals surface area contributed by atoms with E-state index in [1.807, 2.05) is 19.3 Å². The molecule has 0 aromatic carbocycles. The van der Waals surface area contributed by atoms with Gasteiger partial charge in [0.15, 0.2) is 0 Å². The lowest BCUT2D eigenvalue weighted by Gasteiger charge is -2.03. The smallest absolute Gasteiger partial charge is 0.0489 e. The first-order valence-corrected chi connectivity index (χ1v) is 4.56. The molecule has 1 aliphatic rings. The zero-order valence-corrected chi connectivity index (χ0v) is 8.35.